The average molecular weight is 343 g/mol. The zero-order chi connectivity index (χ0) is 17.1. The second-order valence-electron chi connectivity index (χ2n) is 5.25. The highest BCUT2D eigenvalue weighted by atomic mass is 35.5. The fourth-order valence-electron chi connectivity index (χ4n) is 2.52. The molecule has 1 heterocycles. The lowest BCUT2D eigenvalue weighted by Crippen LogP contribution is -2.04. The monoisotopic (exact) mass is 342 g/mol. The highest BCUT2D eigenvalue weighted by Crippen LogP contribution is 2.32. The molecule has 5 nitrogen and oxygen atoms in total. The van der Waals surface area contributed by atoms with E-state index >= 15 is 0 Å². The minimum Gasteiger partial charge on any atom is -0.497 e. The minimum absolute atomic E-state index is 0.127. The van der Waals surface area contributed by atoms with Gasteiger partial charge in [0.05, 0.1) is 24.7 Å². The molecule has 6 heteroatoms. The summed E-state index contributed by atoms with van der Waals surface area (Å²) >= 11 is 5.99. The average Bonchev–Trinajstić information content (AvgIpc) is 2.56. The number of fused-ring (bicyclic) bond motifs is 1. The van der Waals surface area contributed by atoms with Crippen molar-refractivity contribution in [2.24, 2.45) is 0 Å². The number of hydrogen-bond donors (Lipinski definition) is 2. The van der Waals surface area contributed by atoms with Crippen LogP contribution in [0.25, 0.3) is 10.9 Å². The molecule has 122 valence electrons. The van der Waals surface area contributed by atoms with E-state index in [4.69, 9.17) is 21.4 Å². The number of rotatable bonds is 5. The van der Waals surface area contributed by atoms with Crippen molar-refractivity contribution in [3.05, 3.63) is 59.2 Å². The van der Waals surface area contributed by atoms with Crippen molar-refractivity contribution in [3.63, 3.8) is 0 Å². The Morgan fingerprint density at radius 2 is 2.08 bits per heavy atom. The molecule has 24 heavy (non-hydrogen) atoms. The van der Waals surface area contributed by atoms with Crippen molar-refractivity contribution >= 4 is 39.8 Å². The van der Waals surface area contributed by atoms with E-state index in [1.165, 1.54) is 0 Å². The Labute approximate surface area is 143 Å². The predicted octanol–water partition coefficient (Wildman–Crippen LogP) is 4.27. The van der Waals surface area contributed by atoms with Gasteiger partial charge in [0.25, 0.3) is 0 Å². The number of pyridine rings is 1. The van der Waals surface area contributed by atoms with Crippen molar-refractivity contribution in [2.45, 2.75) is 6.42 Å². The first-order chi connectivity index (χ1) is 11.6. The van der Waals surface area contributed by atoms with Gasteiger partial charge >= 0.3 is 5.97 Å². The van der Waals surface area contributed by atoms with Gasteiger partial charge in [-0.25, -0.2) is 0 Å². The van der Waals surface area contributed by atoms with Gasteiger partial charge in [-0.05, 0) is 35.9 Å². The molecule has 3 rings (SSSR count). The fraction of sp³-hybridized carbons (Fsp3) is 0.111. The number of benzene rings is 2. The summed E-state index contributed by atoms with van der Waals surface area (Å²) in [5.41, 5.74) is 2.78. The Morgan fingerprint density at radius 3 is 2.83 bits per heavy atom. The summed E-state index contributed by atoms with van der Waals surface area (Å²) in [6.45, 7) is 0. The third kappa shape index (κ3) is 3.41. The van der Waals surface area contributed by atoms with Gasteiger partial charge in [0, 0.05) is 28.4 Å². The van der Waals surface area contributed by atoms with Gasteiger partial charge in [-0.1, -0.05) is 17.7 Å². The van der Waals surface area contributed by atoms with Crippen LogP contribution in [0.5, 0.6) is 5.75 Å². The summed E-state index contributed by atoms with van der Waals surface area (Å²) in [6, 6.07) is 12.6. The van der Waals surface area contributed by atoms with Crippen LogP contribution in [0.4, 0.5) is 11.4 Å². The van der Waals surface area contributed by atoms with Crippen molar-refractivity contribution < 1.29 is 14.6 Å². The van der Waals surface area contributed by atoms with Crippen LogP contribution >= 0.6 is 11.6 Å². The molecule has 0 atom stereocenters. The number of carboxylic acids is 1. The van der Waals surface area contributed by atoms with Crippen molar-refractivity contribution in [2.75, 3.05) is 12.4 Å². The number of nitrogens with zero attached hydrogens (tertiary/aromatic N) is 1. The molecule has 2 N–H and O–H groups in total. The molecule has 0 aliphatic rings. The minimum atomic E-state index is -0.922. The normalized spacial score (nSPS) is 10.6. The van der Waals surface area contributed by atoms with E-state index in [0.717, 1.165) is 16.6 Å². The van der Waals surface area contributed by atoms with E-state index in [9.17, 15) is 4.79 Å². The summed E-state index contributed by atoms with van der Waals surface area (Å²) < 4.78 is 5.33. The molecule has 0 saturated carbocycles. The lowest BCUT2D eigenvalue weighted by Gasteiger charge is -2.14. The van der Waals surface area contributed by atoms with Gasteiger partial charge in [-0.2, -0.15) is 0 Å². The van der Waals surface area contributed by atoms with Gasteiger partial charge in [0.1, 0.15) is 5.75 Å². The third-order valence-corrected chi connectivity index (χ3v) is 3.83. The van der Waals surface area contributed by atoms with Crippen LogP contribution in [0.3, 0.4) is 0 Å². The van der Waals surface area contributed by atoms with Crippen LogP contribution in [0.1, 0.15) is 5.56 Å². The quantitative estimate of drug-likeness (QED) is 0.724. The summed E-state index contributed by atoms with van der Waals surface area (Å²) in [5.74, 6) is -0.235. The molecule has 0 spiro atoms. The second-order valence-corrected chi connectivity index (χ2v) is 5.68. The van der Waals surface area contributed by atoms with Crippen LogP contribution in [-0.2, 0) is 11.2 Å². The lowest BCUT2D eigenvalue weighted by molar-refractivity contribution is -0.136. The van der Waals surface area contributed by atoms with E-state index in [-0.39, 0.29) is 6.42 Å². The zero-order valence-electron chi connectivity index (χ0n) is 12.9. The van der Waals surface area contributed by atoms with Crippen LogP contribution in [0, 0.1) is 0 Å². The molecule has 0 bridgehead atoms. The number of aromatic nitrogens is 1. The van der Waals surface area contributed by atoms with Gasteiger partial charge in [-0.3, -0.25) is 9.78 Å². The van der Waals surface area contributed by atoms with Gasteiger partial charge in [-0.15, -0.1) is 0 Å². The number of carboxylic acid groups (broad SMARTS) is 1. The number of methoxy groups -OCH3 is 1. The van der Waals surface area contributed by atoms with E-state index in [1.807, 2.05) is 24.3 Å². The Balaban J connectivity index is 2.08. The second kappa shape index (κ2) is 6.76. The molecular formula is C18H15ClN2O3. The Morgan fingerprint density at radius 1 is 1.25 bits per heavy atom. The van der Waals surface area contributed by atoms with E-state index < -0.39 is 5.97 Å². The van der Waals surface area contributed by atoms with Crippen LogP contribution in [0.15, 0.2) is 48.7 Å². The first-order valence-electron chi connectivity index (χ1n) is 7.27. The number of ether oxygens (including phenoxy) is 1. The van der Waals surface area contributed by atoms with Crippen molar-refractivity contribution in [3.8, 4) is 5.75 Å². The number of anilines is 2. The predicted molar refractivity (Wildman–Crippen MR) is 94.4 cm³/mol. The Kier molecular flexibility index (Phi) is 4.53. The molecular weight excluding hydrogens is 328 g/mol. The first kappa shape index (κ1) is 16.1. The topological polar surface area (TPSA) is 71.5 Å². The summed E-state index contributed by atoms with van der Waals surface area (Å²) in [6.07, 6.45) is 1.58. The number of aliphatic carboxylic acids is 1. The highest BCUT2D eigenvalue weighted by molar-refractivity contribution is 6.30. The van der Waals surface area contributed by atoms with Crippen molar-refractivity contribution in [1.82, 2.24) is 4.98 Å². The number of carbonyl (C=O) groups is 1. The van der Waals surface area contributed by atoms with Gasteiger partial charge in [0.2, 0.25) is 0 Å². The summed E-state index contributed by atoms with van der Waals surface area (Å²) in [5, 5.41) is 13.8. The molecule has 0 aliphatic heterocycles. The van der Waals surface area contributed by atoms with Gasteiger partial charge < -0.3 is 15.2 Å². The maximum Gasteiger partial charge on any atom is 0.307 e. The molecule has 0 saturated heterocycles. The molecule has 0 radical (unpaired) electrons. The van der Waals surface area contributed by atoms with Crippen LogP contribution in [-0.4, -0.2) is 23.2 Å². The Bertz CT molecular complexity index is 912. The van der Waals surface area contributed by atoms with Crippen LogP contribution < -0.4 is 10.1 Å². The number of nitrogens with one attached hydrogen (secondary N) is 1. The largest absolute Gasteiger partial charge is 0.497 e. The highest BCUT2D eigenvalue weighted by Gasteiger charge is 2.11. The molecule has 0 aliphatic carbocycles. The third-order valence-electron chi connectivity index (χ3n) is 3.59. The first-order valence-corrected chi connectivity index (χ1v) is 7.64. The number of halogens is 1. The molecule has 0 unspecified atom stereocenters. The smallest absolute Gasteiger partial charge is 0.307 e. The molecule has 0 amide bonds. The lowest BCUT2D eigenvalue weighted by atomic mass is 10.1. The Hall–Kier alpha value is -2.79. The van der Waals surface area contributed by atoms with E-state index in [0.29, 0.717) is 22.0 Å². The van der Waals surface area contributed by atoms with E-state index in [2.05, 4.69) is 10.3 Å². The van der Waals surface area contributed by atoms with Crippen LogP contribution in [0.2, 0.25) is 5.02 Å². The zero-order valence-corrected chi connectivity index (χ0v) is 13.7. The summed E-state index contributed by atoms with van der Waals surface area (Å²) in [4.78, 5) is 15.5. The SMILES string of the molecule is COc1cc(Nc2ccc(Cl)cc2CC(=O)O)c2ncccc2c1. The number of hydrogen-bond acceptors (Lipinski definition) is 4. The van der Waals surface area contributed by atoms with Gasteiger partial charge in [0.15, 0.2) is 0 Å². The molecule has 1 aromatic heterocycles. The fourth-order valence-corrected chi connectivity index (χ4v) is 2.71. The molecule has 3 aromatic rings. The molecule has 0 fully saturated rings. The summed E-state index contributed by atoms with van der Waals surface area (Å²) in [7, 11) is 1.60. The standard InChI is InChI=1S/C18H15ClN2O3/c1-24-14-8-11-3-2-6-20-18(11)16(10-14)21-15-5-4-13(19)7-12(15)9-17(22)23/h2-8,10,21H,9H2,1H3,(H,22,23). The maximum atomic E-state index is 11.1. The maximum absolute atomic E-state index is 11.1. The van der Waals surface area contributed by atoms with E-state index in [1.54, 1.807) is 31.5 Å². The van der Waals surface area contributed by atoms with Crippen molar-refractivity contribution in [1.29, 1.82) is 0 Å². The molecule has 2 aromatic carbocycles.